The predicted octanol–water partition coefficient (Wildman–Crippen LogP) is 2.59. The average Bonchev–Trinajstić information content (AvgIpc) is 3.15. The van der Waals surface area contributed by atoms with Crippen molar-refractivity contribution >= 4 is 23.2 Å². The van der Waals surface area contributed by atoms with E-state index in [2.05, 4.69) is 20.6 Å². The number of benzene rings is 1. The van der Waals surface area contributed by atoms with E-state index in [9.17, 15) is 22.8 Å². The van der Waals surface area contributed by atoms with Crippen LogP contribution in [0.3, 0.4) is 0 Å². The number of nitrogens with zero attached hydrogens (tertiary/aromatic N) is 3. The number of carbonyl (C=O) groups excluding carboxylic acids is 2. The monoisotopic (exact) mass is 439 g/mol. The summed E-state index contributed by atoms with van der Waals surface area (Å²) in [6, 6.07) is 4.09. The quantitative estimate of drug-likeness (QED) is 0.693. The van der Waals surface area contributed by atoms with E-state index < -0.39 is 17.6 Å². The maximum atomic E-state index is 12.8. The van der Waals surface area contributed by atoms with Crippen LogP contribution in [0.2, 0.25) is 0 Å². The van der Waals surface area contributed by atoms with E-state index in [1.807, 2.05) is 6.92 Å². The summed E-state index contributed by atoms with van der Waals surface area (Å²) in [5, 5.41) is 9.25. The highest BCUT2D eigenvalue weighted by Gasteiger charge is 2.30. The third-order valence-corrected chi connectivity index (χ3v) is 4.86. The summed E-state index contributed by atoms with van der Waals surface area (Å²) < 4.78 is 45.0. The number of aromatic nitrogens is 2. The number of carbonyl (C=O) groups is 2. The summed E-state index contributed by atoms with van der Waals surface area (Å²) in [7, 11) is 0. The van der Waals surface area contributed by atoms with Gasteiger partial charge in [-0.05, 0) is 24.6 Å². The topological polar surface area (TPSA) is 88.5 Å². The van der Waals surface area contributed by atoms with Gasteiger partial charge >= 0.3 is 6.18 Å². The smallest absolute Gasteiger partial charge is 0.379 e. The first-order chi connectivity index (χ1) is 14.8. The van der Waals surface area contributed by atoms with Crippen molar-refractivity contribution in [3.05, 3.63) is 42.2 Å². The number of rotatable bonds is 7. The second-order valence-corrected chi connectivity index (χ2v) is 7.11. The zero-order chi connectivity index (χ0) is 22.4. The van der Waals surface area contributed by atoms with Gasteiger partial charge in [0.2, 0.25) is 11.8 Å². The van der Waals surface area contributed by atoms with E-state index in [1.54, 1.807) is 0 Å². The second-order valence-electron chi connectivity index (χ2n) is 7.11. The van der Waals surface area contributed by atoms with Gasteiger partial charge in [-0.25, -0.2) is 0 Å². The molecular formula is C20H24F3N5O3. The van der Waals surface area contributed by atoms with Crippen LogP contribution in [0.1, 0.15) is 18.9 Å². The normalized spacial score (nSPS) is 16.0. The number of hydrogen-bond acceptors (Lipinski definition) is 5. The van der Waals surface area contributed by atoms with E-state index in [1.165, 1.54) is 29.2 Å². The molecule has 2 N–H and O–H groups in total. The van der Waals surface area contributed by atoms with Crippen LogP contribution in [-0.2, 0) is 27.0 Å². The maximum absolute atomic E-state index is 12.8. The highest BCUT2D eigenvalue weighted by atomic mass is 19.4. The van der Waals surface area contributed by atoms with Crippen LogP contribution in [0, 0.1) is 0 Å². The van der Waals surface area contributed by atoms with Crippen LogP contribution in [0.4, 0.5) is 24.5 Å². The van der Waals surface area contributed by atoms with E-state index in [4.69, 9.17) is 4.74 Å². The van der Waals surface area contributed by atoms with Crippen LogP contribution >= 0.6 is 0 Å². The molecule has 31 heavy (non-hydrogen) atoms. The Bertz CT molecular complexity index is 909. The molecule has 2 amide bonds. The summed E-state index contributed by atoms with van der Waals surface area (Å²) in [4.78, 5) is 26.9. The van der Waals surface area contributed by atoms with Gasteiger partial charge in [0.25, 0.3) is 0 Å². The minimum atomic E-state index is -4.49. The number of morpholine rings is 1. The Kier molecular flexibility index (Phi) is 7.29. The number of ether oxygens (including phenoxy) is 1. The Hall–Kier alpha value is -2.92. The van der Waals surface area contributed by atoms with Crippen LogP contribution in [0.5, 0.6) is 0 Å². The van der Waals surface area contributed by atoms with Crippen molar-refractivity contribution in [1.82, 2.24) is 14.7 Å². The van der Waals surface area contributed by atoms with Gasteiger partial charge in [-0.15, -0.1) is 0 Å². The van der Waals surface area contributed by atoms with Crippen LogP contribution in [0.15, 0.2) is 36.7 Å². The van der Waals surface area contributed by atoms with E-state index in [0.717, 1.165) is 12.1 Å². The van der Waals surface area contributed by atoms with Crippen molar-refractivity contribution in [3.8, 4) is 0 Å². The minimum Gasteiger partial charge on any atom is -0.379 e. The largest absolute Gasteiger partial charge is 0.416 e. The van der Waals surface area contributed by atoms with Crippen molar-refractivity contribution in [3.63, 3.8) is 0 Å². The molecule has 1 aromatic carbocycles. The molecule has 1 unspecified atom stereocenters. The van der Waals surface area contributed by atoms with Crippen molar-refractivity contribution < 1.29 is 27.5 Å². The first-order valence-electron chi connectivity index (χ1n) is 9.88. The third kappa shape index (κ3) is 6.28. The molecule has 1 atom stereocenters. The lowest BCUT2D eigenvalue weighted by molar-refractivity contribution is -0.137. The van der Waals surface area contributed by atoms with Gasteiger partial charge in [-0.3, -0.25) is 19.2 Å². The zero-order valence-corrected chi connectivity index (χ0v) is 17.0. The molecule has 0 aliphatic carbocycles. The fourth-order valence-corrected chi connectivity index (χ4v) is 3.36. The molecule has 1 aliphatic heterocycles. The van der Waals surface area contributed by atoms with E-state index >= 15 is 0 Å². The fourth-order valence-electron chi connectivity index (χ4n) is 3.36. The molecule has 0 bridgehead atoms. The van der Waals surface area contributed by atoms with E-state index in [-0.39, 0.29) is 24.2 Å². The lowest BCUT2D eigenvalue weighted by Gasteiger charge is -2.32. The first-order valence-corrected chi connectivity index (χ1v) is 9.88. The van der Waals surface area contributed by atoms with Gasteiger partial charge in [-0.2, -0.15) is 18.3 Å². The van der Waals surface area contributed by atoms with Crippen molar-refractivity contribution in [2.75, 3.05) is 36.9 Å². The summed E-state index contributed by atoms with van der Waals surface area (Å²) in [6.07, 6.45) is -0.941. The SMILES string of the molecule is CCC(C(=O)Nc1cnn(CC(=O)Nc2cccc(C(F)(F)F)c2)c1)N1CCOCC1. The van der Waals surface area contributed by atoms with Crippen LogP contribution < -0.4 is 10.6 Å². The van der Waals surface area contributed by atoms with Gasteiger partial charge in [0.05, 0.1) is 36.7 Å². The fraction of sp³-hybridized carbons (Fsp3) is 0.450. The van der Waals surface area contributed by atoms with Crippen molar-refractivity contribution in [2.24, 2.45) is 0 Å². The van der Waals surface area contributed by atoms with Gasteiger partial charge < -0.3 is 15.4 Å². The lowest BCUT2D eigenvalue weighted by atomic mass is 10.1. The number of hydrogen-bond donors (Lipinski definition) is 2. The summed E-state index contributed by atoms with van der Waals surface area (Å²) in [5.41, 5.74) is -0.375. The Morgan fingerprint density at radius 1 is 1.19 bits per heavy atom. The molecule has 8 nitrogen and oxygen atoms in total. The highest BCUT2D eigenvalue weighted by molar-refractivity contribution is 5.94. The number of halogens is 3. The average molecular weight is 439 g/mol. The van der Waals surface area contributed by atoms with Gasteiger partial charge in [0.1, 0.15) is 6.54 Å². The Morgan fingerprint density at radius 2 is 1.94 bits per heavy atom. The molecule has 168 valence electrons. The summed E-state index contributed by atoms with van der Waals surface area (Å²) in [6.45, 7) is 4.25. The molecule has 1 aliphatic rings. The Labute approximate surface area is 177 Å². The van der Waals surface area contributed by atoms with Crippen LogP contribution in [-0.4, -0.2) is 58.8 Å². The number of nitrogens with one attached hydrogen (secondary N) is 2. The molecule has 1 fully saturated rings. The molecular weight excluding hydrogens is 415 g/mol. The lowest BCUT2D eigenvalue weighted by Crippen LogP contribution is -2.48. The van der Waals surface area contributed by atoms with Gasteiger partial charge in [0, 0.05) is 25.0 Å². The van der Waals surface area contributed by atoms with Crippen molar-refractivity contribution in [1.29, 1.82) is 0 Å². The molecule has 1 saturated heterocycles. The molecule has 11 heteroatoms. The standard InChI is InChI=1S/C20H24F3N5O3/c1-2-17(27-6-8-31-9-7-27)19(30)26-16-11-24-28(12-16)13-18(29)25-15-5-3-4-14(10-15)20(21,22)23/h3-5,10-12,17H,2,6-9,13H2,1H3,(H,25,29)(H,26,30). The molecule has 0 saturated carbocycles. The van der Waals surface area contributed by atoms with Crippen molar-refractivity contribution in [2.45, 2.75) is 32.1 Å². The Morgan fingerprint density at radius 3 is 2.61 bits per heavy atom. The minimum absolute atomic E-state index is 0.0387. The highest BCUT2D eigenvalue weighted by Crippen LogP contribution is 2.30. The zero-order valence-electron chi connectivity index (χ0n) is 17.0. The van der Waals surface area contributed by atoms with E-state index in [0.29, 0.717) is 38.4 Å². The second kappa shape index (κ2) is 9.92. The van der Waals surface area contributed by atoms with Gasteiger partial charge in [-0.1, -0.05) is 13.0 Å². The third-order valence-electron chi connectivity index (χ3n) is 4.86. The Balaban J connectivity index is 1.55. The molecule has 3 rings (SSSR count). The maximum Gasteiger partial charge on any atom is 0.416 e. The molecule has 2 aromatic rings. The molecule has 0 radical (unpaired) electrons. The number of amides is 2. The number of anilines is 2. The van der Waals surface area contributed by atoms with Crippen LogP contribution in [0.25, 0.3) is 0 Å². The predicted molar refractivity (Wildman–Crippen MR) is 107 cm³/mol. The summed E-state index contributed by atoms with van der Waals surface area (Å²) >= 11 is 0. The molecule has 0 spiro atoms. The molecule has 2 heterocycles. The van der Waals surface area contributed by atoms with Gasteiger partial charge in [0.15, 0.2) is 0 Å². The number of alkyl halides is 3. The summed E-state index contributed by atoms with van der Waals surface area (Å²) in [5.74, 6) is -0.711. The molecule has 1 aromatic heterocycles. The first kappa shape index (κ1) is 22.8.